The molecule has 0 spiro atoms. The fourth-order valence-electron chi connectivity index (χ4n) is 3.15. The number of hydrogen-bond donors (Lipinski definition) is 3. The Labute approximate surface area is 157 Å². The number of benzene rings is 2. The molecule has 5 nitrogen and oxygen atoms in total. The van der Waals surface area contributed by atoms with Crippen molar-refractivity contribution in [3.05, 3.63) is 54.1 Å². The lowest BCUT2D eigenvalue weighted by atomic mass is 10.2. The summed E-state index contributed by atoms with van der Waals surface area (Å²) in [7, 11) is 0. The molecule has 1 saturated heterocycles. The molecular formula is C20H24F2N4O. The Hall–Kier alpha value is -2.83. The topological polar surface area (TPSA) is 56.4 Å². The summed E-state index contributed by atoms with van der Waals surface area (Å²) in [5.74, 6) is -1.32. The predicted octanol–water partition coefficient (Wildman–Crippen LogP) is 4.19. The number of carbonyl (C=O) groups is 1. The fourth-order valence-corrected chi connectivity index (χ4v) is 3.15. The van der Waals surface area contributed by atoms with Crippen LogP contribution >= 0.6 is 0 Å². The third-order valence-corrected chi connectivity index (χ3v) is 4.46. The number of para-hydroxylation sites is 1. The van der Waals surface area contributed by atoms with Crippen LogP contribution in [0.15, 0.2) is 42.5 Å². The standard InChI is InChI=1S/C20H24F2N4O/c1-14(13-23-15-7-3-2-4-8-15)24-20(27)25-16-11-17(21)19(18(22)12-16)26-9-5-6-10-26/h2-4,7-8,11-12,14,23H,5-6,9-10,13H2,1H3,(H2,24,25,27). The average Bonchev–Trinajstić information content (AvgIpc) is 3.14. The molecule has 2 aromatic carbocycles. The van der Waals surface area contributed by atoms with Gasteiger partial charge in [0.05, 0.1) is 0 Å². The third kappa shape index (κ3) is 5.09. The van der Waals surface area contributed by atoms with Gasteiger partial charge in [0.1, 0.15) is 5.69 Å². The summed E-state index contributed by atoms with van der Waals surface area (Å²) in [6.45, 7) is 3.65. The molecule has 0 aliphatic carbocycles. The van der Waals surface area contributed by atoms with Crippen molar-refractivity contribution in [1.29, 1.82) is 0 Å². The lowest BCUT2D eigenvalue weighted by Crippen LogP contribution is -2.40. The van der Waals surface area contributed by atoms with Crippen molar-refractivity contribution in [2.75, 3.05) is 35.2 Å². The van der Waals surface area contributed by atoms with Crippen LogP contribution in [0.25, 0.3) is 0 Å². The molecule has 144 valence electrons. The average molecular weight is 374 g/mol. The van der Waals surface area contributed by atoms with E-state index in [0.29, 0.717) is 19.6 Å². The summed E-state index contributed by atoms with van der Waals surface area (Å²) in [5, 5.41) is 8.44. The summed E-state index contributed by atoms with van der Waals surface area (Å²) in [6, 6.07) is 11.2. The molecule has 3 rings (SSSR count). The second-order valence-electron chi connectivity index (χ2n) is 6.73. The van der Waals surface area contributed by atoms with Crippen LogP contribution in [0.3, 0.4) is 0 Å². The van der Waals surface area contributed by atoms with Gasteiger partial charge in [-0.1, -0.05) is 18.2 Å². The molecule has 1 unspecified atom stereocenters. The van der Waals surface area contributed by atoms with Gasteiger partial charge in [-0.05, 0) is 44.0 Å². The number of nitrogens with one attached hydrogen (secondary N) is 3. The molecule has 1 aliphatic heterocycles. The van der Waals surface area contributed by atoms with Gasteiger partial charge in [0.15, 0.2) is 11.6 Å². The van der Waals surface area contributed by atoms with E-state index < -0.39 is 17.7 Å². The minimum Gasteiger partial charge on any atom is -0.383 e. The number of nitrogens with zero attached hydrogens (tertiary/aromatic N) is 1. The molecule has 0 bridgehead atoms. The maximum Gasteiger partial charge on any atom is 0.319 e. The van der Waals surface area contributed by atoms with Gasteiger partial charge in [-0.15, -0.1) is 0 Å². The first-order chi connectivity index (χ1) is 13.0. The van der Waals surface area contributed by atoms with E-state index in [1.807, 2.05) is 37.3 Å². The molecule has 3 N–H and O–H groups in total. The SMILES string of the molecule is CC(CNc1ccccc1)NC(=O)Nc1cc(F)c(N2CCCC2)c(F)c1. The van der Waals surface area contributed by atoms with Crippen molar-refractivity contribution in [3.8, 4) is 0 Å². The highest BCUT2D eigenvalue weighted by molar-refractivity contribution is 5.89. The van der Waals surface area contributed by atoms with E-state index in [-0.39, 0.29) is 17.4 Å². The van der Waals surface area contributed by atoms with Crippen LogP contribution < -0.4 is 20.9 Å². The first-order valence-corrected chi connectivity index (χ1v) is 9.13. The first kappa shape index (κ1) is 18.9. The second-order valence-corrected chi connectivity index (χ2v) is 6.73. The molecule has 1 heterocycles. The summed E-state index contributed by atoms with van der Waals surface area (Å²) in [4.78, 5) is 13.8. The minimum atomic E-state index is -0.661. The zero-order valence-electron chi connectivity index (χ0n) is 15.3. The summed E-state index contributed by atoms with van der Waals surface area (Å²) < 4.78 is 28.6. The van der Waals surface area contributed by atoms with E-state index in [1.54, 1.807) is 4.90 Å². The Balaban J connectivity index is 1.54. The number of rotatable bonds is 6. The van der Waals surface area contributed by atoms with Crippen LogP contribution in [-0.4, -0.2) is 31.7 Å². The Bertz CT molecular complexity index is 756. The van der Waals surface area contributed by atoms with Crippen molar-refractivity contribution in [3.63, 3.8) is 0 Å². The van der Waals surface area contributed by atoms with Gasteiger partial charge in [-0.25, -0.2) is 13.6 Å². The second kappa shape index (κ2) is 8.70. The van der Waals surface area contributed by atoms with E-state index in [4.69, 9.17) is 0 Å². The zero-order valence-corrected chi connectivity index (χ0v) is 15.3. The number of carbonyl (C=O) groups excluding carboxylic acids is 1. The van der Waals surface area contributed by atoms with E-state index in [1.165, 1.54) is 0 Å². The Kier molecular flexibility index (Phi) is 6.11. The van der Waals surface area contributed by atoms with Crippen LogP contribution in [0.4, 0.5) is 30.6 Å². The smallest absolute Gasteiger partial charge is 0.319 e. The number of halogens is 2. The fraction of sp³-hybridized carbons (Fsp3) is 0.350. The maximum absolute atomic E-state index is 14.3. The molecule has 2 amide bonds. The number of anilines is 3. The highest BCUT2D eigenvalue weighted by Crippen LogP contribution is 2.29. The van der Waals surface area contributed by atoms with Gasteiger partial charge in [0.25, 0.3) is 0 Å². The highest BCUT2D eigenvalue weighted by atomic mass is 19.1. The largest absolute Gasteiger partial charge is 0.383 e. The summed E-state index contributed by atoms with van der Waals surface area (Å²) >= 11 is 0. The van der Waals surface area contributed by atoms with Gasteiger partial charge in [0, 0.05) is 37.1 Å². The maximum atomic E-state index is 14.3. The van der Waals surface area contributed by atoms with Gasteiger partial charge in [0.2, 0.25) is 0 Å². The van der Waals surface area contributed by atoms with Gasteiger partial charge in [-0.3, -0.25) is 0 Å². The van der Waals surface area contributed by atoms with E-state index >= 15 is 0 Å². The van der Waals surface area contributed by atoms with E-state index in [2.05, 4.69) is 16.0 Å². The van der Waals surface area contributed by atoms with Crippen molar-refractivity contribution in [2.45, 2.75) is 25.8 Å². The Morgan fingerprint density at radius 3 is 2.33 bits per heavy atom. The van der Waals surface area contributed by atoms with Crippen LogP contribution in [0, 0.1) is 11.6 Å². The Morgan fingerprint density at radius 1 is 1.07 bits per heavy atom. The van der Waals surface area contributed by atoms with Crippen LogP contribution in [0.1, 0.15) is 19.8 Å². The molecule has 0 radical (unpaired) electrons. The van der Waals surface area contributed by atoms with Crippen LogP contribution in [0.5, 0.6) is 0 Å². The van der Waals surface area contributed by atoms with E-state index in [9.17, 15) is 13.6 Å². The van der Waals surface area contributed by atoms with Crippen molar-refractivity contribution in [2.24, 2.45) is 0 Å². The number of urea groups is 1. The van der Waals surface area contributed by atoms with Gasteiger partial charge in [-0.2, -0.15) is 0 Å². The summed E-state index contributed by atoms with van der Waals surface area (Å²) in [6.07, 6.45) is 1.85. The Morgan fingerprint density at radius 2 is 1.70 bits per heavy atom. The molecule has 2 aromatic rings. The van der Waals surface area contributed by atoms with Gasteiger partial charge >= 0.3 is 6.03 Å². The van der Waals surface area contributed by atoms with E-state index in [0.717, 1.165) is 30.7 Å². The van der Waals surface area contributed by atoms with Crippen LogP contribution in [0.2, 0.25) is 0 Å². The highest BCUT2D eigenvalue weighted by Gasteiger charge is 2.21. The molecule has 27 heavy (non-hydrogen) atoms. The molecule has 1 atom stereocenters. The lowest BCUT2D eigenvalue weighted by Gasteiger charge is -2.20. The number of amides is 2. The van der Waals surface area contributed by atoms with Crippen molar-refractivity contribution < 1.29 is 13.6 Å². The molecule has 0 saturated carbocycles. The van der Waals surface area contributed by atoms with Crippen LogP contribution in [-0.2, 0) is 0 Å². The molecule has 7 heteroatoms. The number of hydrogen-bond acceptors (Lipinski definition) is 3. The molecule has 0 aromatic heterocycles. The third-order valence-electron chi connectivity index (χ3n) is 4.46. The van der Waals surface area contributed by atoms with Crippen molar-refractivity contribution in [1.82, 2.24) is 5.32 Å². The monoisotopic (exact) mass is 374 g/mol. The lowest BCUT2D eigenvalue weighted by molar-refractivity contribution is 0.249. The van der Waals surface area contributed by atoms with Gasteiger partial charge < -0.3 is 20.9 Å². The summed E-state index contributed by atoms with van der Waals surface area (Å²) in [5.41, 5.74) is 1.03. The normalized spacial score (nSPS) is 14.7. The molecular weight excluding hydrogens is 350 g/mol. The zero-order chi connectivity index (χ0) is 19.2. The quantitative estimate of drug-likeness (QED) is 0.711. The molecule has 1 fully saturated rings. The first-order valence-electron chi connectivity index (χ1n) is 9.13. The van der Waals surface area contributed by atoms with Crippen molar-refractivity contribution >= 4 is 23.1 Å². The predicted molar refractivity (Wildman–Crippen MR) is 104 cm³/mol. The minimum absolute atomic E-state index is 0.0149. The molecule has 1 aliphatic rings.